The number of halogens is 1. The fourth-order valence-corrected chi connectivity index (χ4v) is 2.85. The van der Waals surface area contributed by atoms with E-state index in [2.05, 4.69) is 5.32 Å². The molecule has 108 valence electrons. The topological polar surface area (TPSA) is 46.2 Å². The lowest BCUT2D eigenvalue weighted by Crippen LogP contribution is -2.37. The van der Waals surface area contributed by atoms with Crippen molar-refractivity contribution in [2.45, 2.75) is 26.2 Å². The number of ketones is 2. The van der Waals surface area contributed by atoms with Crippen LogP contribution in [0.1, 0.15) is 36.5 Å². The molecule has 1 atom stereocenters. The lowest BCUT2D eigenvalue weighted by Gasteiger charge is -2.24. The van der Waals surface area contributed by atoms with Gasteiger partial charge in [-0.15, -0.1) is 0 Å². The Kier molecular flexibility index (Phi) is 5.32. The molecule has 0 spiro atoms. The van der Waals surface area contributed by atoms with Crippen LogP contribution in [0.3, 0.4) is 0 Å². The van der Waals surface area contributed by atoms with E-state index in [-0.39, 0.29) is 17.5 Å². The summed E-state index contributed by atoms with van der Waals surface area (Å²) in [6, 6.07) is 6.78. The zero-order chi connectivity index (χ0) is 14.5. The van der Waals surface area contributed by atoms with Gasteiger partial charge in [-0.3, -0.25) is 9.59 Å². The summed E-state index contributed by atoms with van der Waals surface area (Å²) >= 11 is 5.83. The van der Waals surface area contributed by atoms with Crippen LogP contribution in [-0.2, 0) is 4.79 Å². The largest absolute Gasteiger partial charge is 0.317 e. The number of rotatable bonds is 5. The van der Waals surface area contributed by atoms with Crippen LogP contribution in [-0.4, -0.2) is 24.7 Å². The van der Waals surface area contributed by atoms with Crippen LogP contribution in [0.5, 0.6) is 0 Å². The third kappa shape index (κ3) is 3.47. The molecule has 0 aliphatic carbocycles. The molecule has 1 unspecified atom stereocenters. The van der Waals surface area contributed by atoms with Gasteiger partial charge in [0.25, 0.3) is 0 Å². The number of piperidine rings is 1. The summed E-state index contributed by atoms with van der Waals surface area (Å²) in [4.78, 5) is 25.0. The van der Waals surface area contributed by atoms with E-state index in [1.807, 2.05) is 6.92 Å². The van der Waals surface area contributed by atoms with Gasteiger partial charge >= 0.3 is 0 Å². The molecule has 3 nitrogen and oxygen atoms in total. The molecular weight excluding hydrogens is 274 g/mol. The highest BCUT2D eigenvalue weighted by molar-refractivity contribution is 6.30. The van der Waals surface area contributed by atoms with Crippen molar-refractivity contribution in [2.75, 3.05) is 13.1 Å². The van der Waals surface area contributed by atoms with Crippen molar-refractivity contribution in [2.24, 2.45) is 11.8 Å². The third-order valence-corrected chi connectivity index (χ3v) is 4.19. The van der Waals surface area contributed by atoms with Crippen molar-refractivity contribution in [1.29, 1.82) is 0 Å². The van der Waals surface area contributed by atoms with Crippen molar-refractivity contribution in [3.63, 3.8) is 0 Å². The summed E-state index contributed by atoms with van der Waals surface area (Å²) in [5, 5.41) is 3.84. The second-order valence-corrected chi connectivity index (χ2v) is 5.70. The zero-order valence-electron chi connectivity index (χ0n) is 11.7. The zero-order valence-corrected chi connectivity index (χ0v) is 12.5. The number of carbonyl (C=O) groups is 2. The Balaban J connectivity index is 2.12. The molecule has 1 saturated heterocycles. The highest BCUT2D eigenvalue weighted by atomic mass is 35.5. The highest BCUT2D eigenvalue weighted by Crippen LogP contribution is 2.23. The number of Topliss-reactive ketones (excluding diaryl/α,β-unsaturated/α-hetero) is 2. The fourth-order valence-electron chi connectivity index (χ4n) is 2.72. The van der Waals surface area contributed by atoms with Gasteiger partial charge in [-0.1, -0.05) is 18.5 Å². The first-order chi connectivity index (χ1) is 9.63. The van der Waals surface area contributed by atoms with Crippen molar-refractivity contribution in [3.8, 4) is 0 Å². The van der Waals surface area contributed by atoms with E-state index in [0.717, 1.165) is 25.9 Å². The molecular formula is C16H20ClNO2. The Hall–Kier alpha value is -1.19. The summed E-state index contributed by atoms with van der Waals surface area (Å²) in [6.07, 6.45) is 2.23. The molecule has 1 aliphatic rings. The lowest BCUT2D eigenvalue weighted by atomic mass is 9.81. The molecule has 1 fully saturated rings. The van der Waals surface area contributed by atoms with E-state index in [0.29, 0.717) is 17.0 Å². The van der Waals surface area contributed by atoms with Crippen molar-refractivity contribution >= 4 is 23.2 Å². The number of carbonyl (C=O) groups excluding carboxylic acids is 2. The van der Waals surface area contributed by atoms with Crippen LogP contribution in [0.2, 0.25) is 5.02 Å². The predicted octanol–water partition coefficient (Wildman–Crippen LogP) is 3.12. The lowest BCUT2D eigenvalue weighted by molar-refractivity contribution is -0.126. The van der Waals surface area contributed by atoms with Gasteiger partial charge in [0.2, 0.25) is 0 Å². The smallest absolute Gasteiger partial charge is 0.173 e. The monoisotopic (exact) mass is 293 g/mol. The summed E-state index contributed by atoms with van der Waals surface area (Å²) < 4.78 is 0. The normalized spacial score (nSPS) is 17.7. The van der Waals surface area contributed by atoms with E-state index in [9.17, 15) is 9.59 Å². The average Bonchev–Trinajstić information content (AvgIpc) is 2.49. The molecule has 1 heterocycles. The Bertz CT molecular complexity index is 478. The van der Waals surface area contributed by atoms with Crippen molar-refractivity contribution in [3.05, 3.63) is 34.9 Å². The van der Waals surface area contributed by atoms with E-state index >= 15 is 0 Å². The Morgan fingerprint density at radius 3 is 2.40 bits per heavy atom. The maximum atomic E-state index is 12.5. The number of nitrogens with one attached hydrogen (secondary N) is 1. The molecule has 0 radical (unpaired) electrons. The maximum Gasteiger partial charge on any atom is 0.173 e. The van der Waals surface area contributed by atoms with Gasteiger partial charge < -0.3 is 5.32 Å². The molecule has 1 aromatic carbocycles. The Morgan fingerprint density at radius 2 is 1.85 bits per heavy atom. The van der Waals surface area contributed by atoms with Crippen LogP contribution in [0.25, 0.3) is 0 Å². The Morgan fingerprint density at radius 1 is 1.25 bits per heavy atom. The molecule has 2 rings (SSSR count). The van der Waals surface area contributed by atoms with Gasteiger partial charge in [0.05, 0.1) is 5.92 Å². The van der Waals surface area contributed by atoms with Crippen LogP contribution >= 0.6 is 11.6 Å². The SMILES string of the molecule is CCC(C(=O)c1ccc(Cl)cc1)C(=O)C1CCNCC1. The minimum atomic E-state index is -0.515. The van der Waals surface area contributed by atoms with Crippen LogP contribution in [0.4, 0.5) is 0 Å². The summed E-state index contributed by atoms with van der Waals surface area (Å²) in [5.74, 6) is -0.460. The maximum absolute atomic E-state index is 12.5. The third-order valence-electron chi connectivity index (χ3n) is 3.94. The molecule has 0 bridgehead atoms. The van der Waals surface area contributed by atoms with Gasteiger partial charge in [0, 0.05) is 16.5 Å². The molecule has 1 N–H and O–H groups in total. The van der Waals surface area contributed by atoms with Crippen molar-refractivity contribution < 1.29 is 9.59 Å². The number of benzene rings is 1. The van der Waals surface area contributed by atoms with Gasteiger partial charge in [0.15, 0.2) is 5.78 Å². The summed E-state index contributed by atoms with van der Waals surface area (Å²) in [6.45, 7) is 3.63. The minimum absolute atomic E-state index is 0.0254. The molecule has 0 aromatic heterocycles. The van der Waals surface area contributed by atoms with Crippen LogP contribution in [0.15, 0.2) is 24.3 Å². The molecule has 4 heteroatoms. The van der Waals surface area contributed by atoms with Gasteiger partial charge in [-0.2, -0.15) is 0 Å². The van der Waals surface area contributed by atoms with Gasteiger partial charge in [0.1, 0.15) is 5.78 Å². The first-order valence-electron chi connectivity index (χ1n) is 7.17. The van der Waals surface area contributed by atoms with E-state index < -0.39 is 5.92 Å². The molecule has 0 amide bonds. The molecule has 20 heavy (non-hydrogen) atoms. The average molecular weight is 294 g/mol. The van der Waals surface area contributed by atoms with Gasteiger partial charge in [-0.25, -0.2) is 0 Å². The molecule has 1 aromatic rings. The minimum Gasteiger partial charge on any atom is -0.317 e. The standard InChI is InChI=1S/C16H20ClNO2/c1-2-14(16(20)12-7-9-18-10-8-12)15(19)11-3-5-13(17)6-4-11/h3-6,12,14,18H,2,7-10H2,1H3. The fraction of sp³-hybridized carbons (Fsp3) is 0.500. The van der Waals surface area contributed by atoms with E-state index in [1.54, 1.807) is 24.3 Å². The second-order valence-electron chi connectivity index (χ2n) is 5.26. The van der Waals surface area contributed by atoms with Crippen LogP contribution < -0.4 is 5.32 Å². The second kappa shape index (κ2) is 7.00. The summed E-state index contributed by atoms with van der Waals surface area (Å²) in [5.41, 5.74) is 0.573. The predicted molar refractivity (Wildman–Crippen MR) is 80.2 cm³/mol. The quantitative estimate of drug-likeness (QED) is 0.670. The van der Waals surface area contributed by atoms with Gasteiger partial charge in [-0.05, 0) is 56.6 Å². The first-order valence-corrected chi connectivity index (χ1v) is 7.55. The van der Waals surface area contributed by atoms with Crippen LogP contribution in [0, 0.1) is 11.8 Å². The highest BCUT2D eigenvalue weighted by Gasteiger charge is 2.32. The number of hydrogen-bond acceptors (Lipinski definition) is 3. The van der Waals surface area contributed by atoms with E-state index in [4.69, 9.17) is 11.6 Å². The van der Waals surface area contributed by atoms with Crippen molar-refractivity contribution in [1.82, 2.24) is 5.32 Å². The first kappa shape index (κ1) is 15.2. The Labute approximate surface area is 124 Å². The summed E-state index contributed by atoms with van der Waals surface area (Å²) in [7, 11) is 0. The molecule has 0 saturated carbocycles. The van der Waals surface area contributed by atoms with E-state index in [1.165, 1.54) is 0 Å². The number of hydrogen-bond donors (Lipinski definition) is 1. The molecule has 1 aliphatic heterocycles.